The van der Waals surface area contributed by atoms with Crippen LogP contribution in [-0.4, -0.2) is 16.5 Å². The molecule has 20 heavy (non-hydrogen) atoms. The highest BCUT2D eigenvalue weighted by Crippen LogP contribution is 2.26. The Morgan fingerprint density at radius 2 is 2.20 bits per heavy atom. The summed E-state index contributed by atoms with van der Waals surface area (Å²) in [4.78, 5) is 7.58. The quantitative estimate of drug-likeness (QED) is 0.845. The van der Waals surface area contributed by atoms with Crippen LogP contribution in [0.3, 0.4) is 0 Å². The van der Waals surface area contributed by atoms with Gasteiger partial charge in [-0.1, -0.05) is 25.1 Å². The molecular formula is C17H23N3. The molecule has 2 N–H and O–H groups in total. The number of aromatic nitrogens is 2. The van der Waals surface area contributed by atoms with Gasteiger partial charge in [0.05, 0.1) is 0 Å². The van der Waals surface area contributed by atoms with Gasteiger partial charge < -0.3 is 10.3 Å². The highest BCUT2D eigenvalue weighted by Gasteiger charge is 2.17. The number of fused-ring (bicyclic) bond motifs is 1. The first-order chi connectivity index (χ1) is 9.86. The van der Waals surface area contributed by atoms with Crippen LogP contribution in [0.5, 0.6) is 0 Å². The second kappa shape index (κ2) is 6.23. The van der Waals surface area contributed by atoms with Gasteiger partial charge in [0, 0.05) is 24.9 Å². The summed E-state index contributed by atoms with van der Waals surface area (Å²) in [5.41, 5.74) is 4.49. The fraction of sp³-hybridized carbons (Fsp3) is 0.471. The first-order valence-electron chi connectivity index (χ1n) is 7.70. The summed E-state index contributed by atoms with van der Waals surface area (Å²) in [5, 5.41) is 3.66. The zero-order chi connectivity index (χ0) is 13.8. The van der Waals surface area contributed by atoms with E-state index in [1.54, 1.807) is 11.1 Å². The summed E-state index contributed by atoms with van der Waals surface area (Å²) < 4.78 is 0. The van der Waals surface area contributed by atoms with E-state index in [1.165, 1.54) is 24.8 Å². The molecule has 0 amide bonds. The lowest BCUT2D eigenvalue weighted by molar-refractivity contribution is 0.520. The Bertz CT molecular complexity index is 545. The van der Waals surface area contributed by atoms with Crippen molar-refractivity contribution in [1.82, 2.24) is 15.3 Å². The molecular weight excluding hydrogens is 246 g/mol. The van der Waals surface area contributed by atoms with E-state index in [9.17, 15) is 0 Å². The summed E-state index contributed by atoms with van der Waals surface area (Å²) in [7, 11) is 0. The lowest BCUT2D eigenvalue weighted by Crippen LogP contribution is -2.24. The SMILES string of the molecule is CCCNC(Cc1ncc[nH]1)c1ccc2c(c1)CCC2. The summed E-state index contributed by atoms with van der Waals surface area (Å²) >= 11 is 0. The van der Waals surface area contributed by atoms with Gasteiger partial charge in [0.1, 0.15) is 5.82 Å². The van der Waals surface area contributed by atoms with Gasteiger partial charge in [-0.15, -0.1) is 0 Å². The van der Waals surface area contributed by atoms with Crippen molar-refractivity contribution in [2.75, 3.05) is 6.54 Å². The maximum Gasteiger partial charge on any atom is 0.107 e. The van der Waals surface area contributed by atoms with E-state index >= 15 is 0 Å². The molecule has 3 rings (SSSR count). The molecule has 1 aromatic carbocycles. The predicted octanol–water partition coefficient (Wildman–Crippen LogP) is 3.18. The topological polar surface area (TPSA) is 40.7 Å². The smallest absolute Gasteiger partial charge is 0.107 e. The molecule has 1 unspecified atom stereocenters. The zero-order valence-corrected chi connectivity index (χ0v) is 12.2. The first-order valence-corrected chi connectivity index (χ1v) is 7.70. The van der Waals surface area contributed by atoms with Gasteiger partial charge in [0.25, 0.3) is 0 Å². The van der Waals surface area contributed by atoms with E-state index in [1.807, 2.05) is 12.4 Å². The van der Waals surface area contributed by atoms with E-state index in [2.05, 4.69) is 40.4 Å². The van der Waals surface area contributed by atoms with Crippen LogP contribution in [0.1, 0.15) is 48.3 Å². The Morgan fingerprint density at radius 1 is 1.30 bits per heavy atom. The fourth-order valence-electron chi connectivity index (χ4n) is 3.04. The molecule has 0 spiro atoms. The van der Waals surface area contributed by atoms with Crippen LogP contribution in [0, 0.1) is 0 Å². The van der Waals surface area contributed by atoms with Crippen molar-refractivity contribution in [2.24, 2.45) is 0 Å². The van der Waals surface area contributed by atoms with Gasteiger partial charge in [0.15, 0.2) is 0 Å². The summed E-state index contributed by atoms with van der Waals surface area (Å²) in [5.74, 6) is 1.05. The van der Waals surface area contributed by atoms with Gasteiger partial charge >= 0.3 is 0 Å². The number of aromatic amines is 1. The molecule has 1 aliphatic carbocycles. The van der Waals surface area contributed by atoms with Crippen LogP contribution in [0.25, 0.3) is 0 Å². The van der Waals surface area contributed by atoms with Crippen LogP contribution >= 0.6 is 0 Å². The summed E-state index contributed by atoms with van der Waals surface area (Å²) in [6.07, 6.45) is 9.60. The van der Waals surface area contributed by atoms with Gasteiger partial charge in [-0.05, 0) is 48.9 Å². The van der Waals surface area contributed by atoms with Crippen LogP contribution < -0.4 is 5.32 Å². The minimum atomic E-state index is 0.354. The van der Waals surface area contributed by atoms with Crippen LogP contribution in [0.15, 0.2) is 30.6 Å². The van der Waals surface area contributed by atoms with E-state index < -0.39 is 0 Å². The van der Waals surface area contributed by atoms with Crippen molar-refractivity contribution >= 4 is 0 Å². The summed E-state index contributed by atoms with van der Waals surface area (Å²) in [6, 6.07) is 7.37. The minimum Gasteiger partial charge on any atom is -0.349 e. The number of aryl methyl sites for hydroxylation is 2. The lowest BCUT2D eigenvalue weighted by Gasteiger charge is -2.19. The summed E-state index contributed by atoms with van der Waals surface area (Å²) in [6.45, 7) is 3.25. The standard InChI is InChI=1S/C17H23N3/c1-2-8-18-16(12-17-19-9-10-20-17)15-7-6-13-4-3-5-14(13)11-15/h6-7,9-11,16,18H,2-5,8,12H2,1H3,(H,19,20). The molecule has 0 bridgehead atoms. The Morgan fingerprint density at radius 3 is 3.00 bits per heavy atom. The number of rotatable bonds is 6. The average Bonchev–Trinajstić information content (AvgIpc) is 3.13. The molecule has 1 atom stereocenters. The molecule has 0 fully saturated rings. The molecule has 1 heterocycles. The molecule has 1 aromatic heterocycles. The third-order valence-corrected chi connectivity index (χ3v) is 4.12. The average molecular weight is 269 g/mol. The van der Waals surface area contributed by atoms with E-state index in [-0.39, 0.29) is 0 Å². The Balaban J connectivity index is 1.80. The van der Waals surface area contributed by atoms with Crippen LogP contribution in [0.2, 0.25) is 0 Å². The van der Waals surface area contributed by atoms with Gasteiger partial charge in [-0.3, -0.25) is 0 Å². The Hall–Kier alpha value is -1.61. The molecule has 1 aliphatic rings. The van der Waals surface area contributed by atoms with E-state index in [0.29, 0.717) is 6.04 Å². The molecule has 2 aromatic rings. The highest BCUT2D eigenvalue weighted by molar-refractivity contribution is 5.36. The van der Waals surface area contributed by atoms with Crippen molar-refractivity contribution in [3.8, 4) is 0 Å². The number of benzene rings is 1. The molecule has 3 heteroatoms. The molecule has 3 nitrogen and oxygen atoms in total. The molecule has 0 saturated heterocycles. The molecule has 106 valence electrons. The number of nitrogens with one attached hydrogen (secondary N) is 2. The Kier molecular flexibility index (Phi) is 4.16. The van der Waals surface area contributed by atoms with Crippen molar-refractivity contribution in [3.05, 3.63) is 53.1 Å². The largest absolute Gasteiger partial charge is 0.349 e. The lowest BCUT2D eigenvalue weighted by atomic mass is 9.98. The predicted molar refractivity (Wildman–Crippen MR) is 81.8 cm³/mol. The van der Waals surface area contributed by atoms with Crippen molar-refractivity contribution < 1.29 is 0 Å². The highest BCUT2D eigenvalue weighted by atomic mass is 14.9. The number of hydrogen-bond donors (Lipinski definition) is 2. The molecule has 0 saturated carbocycles. The van der Waals surface area contributed by atoms with Gasteiger partial charge in [-0.25, -0.2) is 4.98 Å². The second-order valence-electron chi connectivity index (χ2n) is 5.63. The molecule has 0 aliphatic heterocycles. The minimum absolute atomic E-state index is 0.354. The third-order valence-electron chi connectivity index (χ3n) is 4.12. The number of imidazole rings is 1. The monoisotopic (exact) mass is 269 g/mol. The first kappa shape index (κ1) is 13.4. The maximum absolute atomic E-state index is 4.37. The Labute approximate surface area is 120 Å². The second-order valence-corrected chi connectivity index (χ2v) is 5.63. The third kappa shape index (κ3) is 2.93. The maximum atomic E-state index is 4.37. The zero-order valence-electron chi connectivity index (χ0n) is 12.2. The van der Waals surface area contributed by atoms with Crippen LogP contribution in [0.4, 0.5) is 0 Å². The number of nitrogens with zero attached hydrogens (tertiary/aromatic N) is 1. The van der Waals surface area contributed by atoms with Gasteiger partial charge in [-0.2, -0.15) is 0 Å². The fourth-order valence-corrected chi connectivity index (χ4v) is 3.04. The van der Waals surface area contributed by atoms with Crippen molar-refractivity contribution in [1.29, 1.82) is 0 Å². The van der Waals surface area contributed by atoms with Crippen LogP contribution in [-0.2, 0) is 19.3 Å². The molecule has 0 radical (unpaired) electrons. The number of H-pyrrole nitrogens is 1. The van der Waals surface area contributed by atoms with Gasteiger partial charge in [0.2, 0.25) is 0 Å². The van der Waals surface area contributed by atoms with E-state index in [4.69, 9.17) is 0 Å². The van der Waals surface area contributed by atoms with E-state index in [0.717, 1.165) is 25.2 Å². The van der Waals surface area contributed by atoms with Crippen molar-refractivity contribution in [3.63, 3.8) is 0 Å². The normalized spacial score (nSPS) is 15.2. The number of hydrogen-bond acceptors (Lipinski definition) is 2. The van der Waals surface area contributed by atoms with Crippen molar-refractivity contribution in [2.45, 2.75) is 45.1 Å².